The highest BCUT2D eigenvalue weighted by Gasteiger charge is 2.23. The van der Waals surface area contributed by atoms with E-state index in [1.165, 1.54) is 22.7 Å². The Morgan fingerprint density at radius 2 is 2.25 bits per heavy atom. The molecule has 2 aromatic heterocycles. The van der Waals surface area contributed by atoms with Crippen molar-refractivity contribution in [3.05, 3.63) is 28.1 Å². The van der Waals surface area contributed by atoms with Crippen LogP contribution in [0.1, 0.15) is 15.4 Å². The molecule has 0 aliphatic heterocycles. The van der Waals surface area contributed by atoms with E-state index >= 15 is 0 Å². The number of aromatic nitrogens is 1. The summed E-state index contributed by atoms with van der Waals surface area (Å²) >= 11 is 2.72. The Labute approximate surface area is 122 Å². The Balaban J connectivity index is 2.21. The number of aryl methyl sites for hydroxylation is 1. The molecule has 0 aromatic carbocycles. The predicted molar refractivity (Wildman–Crippen MR) is 76.1 cm³/mol. The van der Waals surface area contributed by atoms with E-state index in [9.17, 15) is 9.59 Å². The van der Waals surface area contributed by atoms with E-state index in [4.69, 9.17) is 10.2 Å². The van der Waals surface area contributed by atoms with E-state index in [0.717, 1.165) is 9.88 Å². The summed E-state index contributed by atoms with van der Waals surface area (Å²) in [4.78, 5) is 28.4. The number of aliphatic hydroxyl groups is 1. The minimum absolute atomic E-state index is 0.355. The largest absolute Gasteiger partial charge is 0.480 e. The zero-order chi connectivity index (χ0) is 14.7. The third-order valence-electron chi connectivity index (χ3n) is 2.52. The Kier molecular flexibility index (Phi) is 4.48. The van der Waals surface area contributed by atoms with Crippen LogP contribution in [0.4, 0.5) is 0 Å². The zero-order valence-corrected chi connectivity index (χ0v) is 12.1. The maximum absolute atomic E-state index is 12.0. The molecule has 6 nitrogen and oxygen atoms in total. The van der Waals surface area contributed by atoms with Gasteiger partial charge in [-0.3, -0.25) is 4.79 Å². The summed E-state index contributed by atoms with van der Waals surface area (Å²) in [5, 5.41) is 22.6. The van der Waals surface area contributed by atoms with Crippen LogP contribution in [0.25, 0.3) is 9.88 Å². The number of carbonyl (C=O) groups excluding carboxylic acids is 1. The maximum Gasteiger partial charge on any atom is 0.328 e. The highest BCUT2D eigenvalue weighted by molar-refractivity contribution is 7.22. The Bertz CT molecular complexity index is 621. The first-order valence-corrected chi connectivity index (χ1v) is 7.38. The molecule has 0 saturated carbocycles. The summed E-state index contributed by atoms with van der Waals surface area (Å²) in [5.41, 5.74) is 0.540. The van der Waals surface area contributed by atoms with Crippen LogP contribution >= 0.6 is 22.7 Å². The number of nitrogens with zero attached hydrogens (tertiary/aromatic N) is 1. The molecule has 3 N–H and O–H groups in total. The number of amides is 1. The lowest BCUT2D eigenvalue weighted by atomic mass is 10.3. The number of aliphatic carboxylic acids is 1. The number of hydrogen-bond donors (Lipinski definition) is 3. The number of nitrogens with one attached hydrogen (secondary N) is 1. The van der Waals surface area contributed by atoms with Gasteiger partial charge in [0.05, 0.1) is 17.2 Å². The number of carboxylic acids is 1. The molecule has 0 fully saturated rings. The average molecular weight is 312 g/mol. The van der Waals surface area contributed by atoms with Gasteiger partial charge in [-0.2, -0.15) is 0 Å². The third kappa shape index (κ3) is 3.03. The molecule has 106 valence electrons. The standard InChI is InChI=1S/C12H12N2O4S2/c1-6-9(10(16)14-7(5-15)12(17)18)20-11(13-6)8-3-2-4-19-8/h2-4,7,15H,5H2,1H3,(H,14,16)(H,17,18)/t7-/m1/s1. The van der Waals surface area contributed by atoms with Gasteiger partial charge in [0.15, 0.2) is 6.04 Å². The second kappa shape index (κ2) is 6.12. The van der Waals surface area contributed by atoms with Crippen LogP contribution in [0.2, 0.25) is 0 Å². The van der Waals surface area contributed by atoms with Crippen LogP contribution in [0.3, 0.4) is 0 Å². The van der Waals surface area contributed by atoms with E-state index in [0.29, 0.717) is 10.6 Å². The highest BCUT2D eigenvalue weighted by Crippen LogP contribution is 2.30. The lowest BCUT2D eigenvalue weighted by Gasteiger charge is -2.10. The molecule has 8 heteroatoms. The summed E-state index contributed by atoms with van der Waals surface area (Å²) in [6.45, 7) is 1.04. The smallest absolute Gasteiger partial charge is 0.328 e. The molecule has 0 saturated heterocycles. The number of carbonyl (C=O) groups is 2. The molecule has 20 heavy (non-hydrogen) atoms. The fourth-order valence-corrected chi connectivity index (χ4v) is 3.29. The molecule has 0 aliphatic rings. The van der Waals surface area contributed by atoms with Crippen molar-refractivity contribution in [2.24, 2.45) is 0 Å². The van der Waals surface area contributed by atoms with Gasteiger partial charge in [-0.1, -0.05) is 6.07 Å². The van der Waals surface area contributed by atoms with Gasteiger partial charge in [-0.05, 0) is 18.4 Å². The molecular weight excluding hydrogens is 300 g/mol. The number of carboxylic acid groups (broad SMARTS) is 1. The van der Waals surface area contributed by atoms with Crippen molar-refractivity contribution in [3.8, 4) is 9.88 Å². The summed E-state index contributed by atoms with van der Waals surface area (Å²) in [5.74, 6) is -1.81. The monoisotopic (exact) mass is 312 g/mol. The highest BCUT2D eigenvalue weighted by atomic mass is 32.1. The third-order valence-corrected chi connectivity index (χ3v) is 4.72. The first kappa shape index (κ1) is 14.6. The lowest BCUT2D eigenvalue weighted by molar-refractivity contribution is -0.140. The molecule has 2 rings (SSSR count). The predicted octanol–water partition coefficient (Wildman–Crippen LogP) is 1.36. The van der Waals surface area contributed by atoms with E-state index in [2.05, 4.69) is 10.3 Å². The lowest BCUT2D eigenvalue weighted by Crippen LogP contribution is -2.43. The van der Waals surface area contributed by atoms with Crippen LogP contribution in [0.5, 0.6) is 0 Å². The van der Waals surface area contributed by atoms with Crippen molar-refractivity contribution in [1.82, 2.24) is 10.3 Å². The van der Waals surface area contributed by atoms with Crippen LogP contribution < -0.4 is 5.32 Å². The number of aliphatic hydroxyl groups excluding tert-OH is 1. The summed E-state index contributed by atoms with van der Waals surface area (Å²) < 4.78 is 0. The molecule has 2 aromatic rings. The van der Waals surface area contributed by atoms with Crippen LogP contribution in [0.15, 0.2) is 17.5 Å². The summed E-state index contributed by atoms with van der Waals surface area (Å²) in [7, 11) is 0. The van der Waals surface area contributed by atoms with E-state index < -0.39 is 24.5 Å². The summed E-state index contributed by atoms with van der Waals surface area (Å²) in [6, 6.07) is 2.48. The zero-order valence-electron chi connectivity index (χ0n) is 10.5. The van der Waals surface area contributed by atoms with Crippen molar-refractivity contribution in [2.45, 2.75) is 13.0 Å². The summed E-state index contributed by atoms with van der Waals surface area (Å²) in [6.07, 6.45) is 0. The van der Waals surface area contributed by atoms with Crippen molar-refractivity contribution in [2.75, 3.05) is 6.61 Å². The fraction of sp³-hybridized carbons (Fsp3) is 0.250. The Morgan fingerprint density at radius 1 is 1.50 bits per heavy atom. The van der Waals surface area contributed by atoms with Gasteiger partial charge in [0, 0.05) is 0 Å². The van der Waals surface area contributed by atoms with Gasteiger partial charge in [-0.15, -0.1) is 22.7 Å². The van der Waals surface area contributed by atoms with Crippen molar-refractivity contribution < 1.29 is 19.8 Å². The average Bonchev–Trinajstić information content (AvgIpc) is 3.03. The van der Waals surface area contributed by atoms with Gasteiger partial charge >= 0.3 is 5.97 Å². The second-order valence-electron chi connectivity index (χ2n) is 3.96. The van der Waals surface area contributed by atoms with Gasteiger partial charge in [0.2, 0.25) is 0 Å². The number of thiophene rings is 1. The van der Waals surface area contributed by atoms with E-state index in [1.807, 2.05) is 17.5 Å². The quantitative estimate of drug-likeness (QED) is 0.774. The number of thiazole rings is 1. The molecule has 0 unspecified atom stereocenters. The first-order chi connectivity index (χ1) is 9.52. The molecule has 0 radical (unpaired) electrons. The van der Waals surface area contributed by atoms with Gasteiger partial charge in [-0.25, -0.2) is 9.78 Å². The fourth-order valence-electron chi connectivity index (χ4n) is 1.52. The van der Waals surface area contributed by atoms with Crippen molar-refractivity contribution in [3.63, 3.8) is 0 Å². The SMILES string of the molecule is Cc1nc(-c2cccs2)sc1C(=O)N[C@H](CO)C(=O)O. The minimum atomic E-state index is -1.31. The van der Waals surface area contributed by atoms with Crippen molar-refractivity contribution in [1.29, 1.82) is 0 Å². The minimum Gasteiger partial charge on any atom is -0.480 e. The molecule has 0 spiro atoms. The normalized spacial score (nSPS) is 12.1. The maximum atomic E-state index is 12.0. The first-order valence-electron chi connectivity index (χ1n) is 5.68. The number of rotatable bonds is 5. The molecule has 1 atom stereocenters. The molecule has 1 amide bonds. The van der Waals surface area contributed by atoms with Crippen molar-refractivity contribution >= 4 is 34.6 Å². The second-order valence-corrected chi connectivity index (χ2v) is 5.90. The van der Waals surface area contributed by atoms with Gasteiger partial charge in [0.25, 0.3) is 5.91 Å². The Morgan fingerprint density at radius 3 is 2.80 bits per heavy atom. The van der Waals surface area contributed by atoms with Crippen LogP contribution in [-0.2, 0) is 4.79 Å². The van der Waals surface area contributed by atoms with E-state index in [1.54, 1.807) is 6.92 Å². The van der Waals surface area contributed by atoms with Gasteiger partial charge < -0.3 is 15.5 Å². The van der Waals surface area contributed by atoms with Gasteiger partial charge in [0.1, 0.15) is 9.88 Å². The Hall–Kier alpha value is -1.77. The molecule has 0 bridgehead atoms. The molecule has 2 heterocycles. The number of hydrogen-bond acceptors (Lipinski definition) is 6. The van der Waals surface area contributed by atoms with Crippen LogP contribution in [0, 0.1) is 6.92 Å². The van der Waals surface area contributed by atoms with Crippen LogP contribution in [-0.4, -0.2) is 39.7 Å². The topological polar surface area (TPSA) is 99.5 Å². The molecular formula is C12H12N2O4S2. The van der Waals surface area contributed by atoms with E-state index in [-0.39, 0.29) is 0 Å². The molecule has 0 aliphatic carbocycles.